The number of amides is 1. The maximum absolute atomic E-state index is 13.1. The van der Waals surface area contributed by atoms with Gasteiger partial charge in [0.1, 0.15) is 5.60 Å². The number of ether oxygens (including phenoxy) is 1. The van der Waals surface area contributed by atoms with Gasteiger partial charge in [0.2, 0.25) is 0 Å². The molecular formula is C24H40N2O3Si. The van der Waals surface area contributed by atoms with Crippen LogP contribution in [0.3, 0.4) is 0 Å². The second-order valence-corrected chi connectivity index (χ2v) is 14.6. The average molecular weight is 433 g/mol. The van der Waals surface area contributed by atoms with E-state index in [0.717, 1.165) is 44.2 Å². The summed E-state index contributed by atoms with van der Waals surface area (Å²) in [6.45, 7) is 15.3. The molecule has 0 aromatic heterocycles. The van der Waals surface area contributed by atoms with Gasteiger partial charge in [-0.25, -0.2) is 4.79 Å². The first-order chi connectivity index (χ1) is 14.2. The van der Waals surface area contributed by atoms with Gasteiger partial charge in [0.25, 0.3) is 0 Å². The van der Waals surface area contributed by atoms with Gasteiger partial charge in [-0.2, -0.15) is 0 Å². The molecular weight excluding hydrogens is 392 g/mol. The Bertz CT molecular complexity index is 694. The van der Waals surface area contributed by atoms with E-state index < -0.39 is 13.9 Å². The molecule has 2 heterocycles. The number of likely N-dealkylation sites (tertiary alicyclic amines) is 1. The summed E-state index contributed by atoms with van der Waals surface area (Å²) in [4.78, 5) is 17.6. The van der Waals surface area contributed by atoms with Crippen LogP contribution in [0.4, 0.5) is 4.79 Å². The molecule has 6 heteroatoms. The molecule has 168 valence electrons. The fourth-order valence-electron chi connectivity index (χ4n) is 5.01. The van der Waals surface area contributed by atoms with Gasteiger partial charge in [0, 0.05) is 19.6 Å². The quantitative estimate of drug-likeness (QED) is 0.550. The predicted molar refractivity (Wildman–Crippen MR) is 124 cm³/mol. The SMILES string of the molecule is CC[Si](CC)(CC)O[C@H]1C[C@H]2CN(Cc3ccccc3)C[C@@H]1N2C(=O)OC(C)(C)C. The van der Waals surface area contributed by atoms with Gasteiger partial charge < -0.3 is 9.16 Å². The topological polar surface area (TPSA) is 42.0 Å². The highest BCUT2D eigenvalue weighted by Gasteiger charge is 2.52. The highest BCUT2D eigenvalue weighted by atomic mass is 28.4. The summed E-state index contributed by atoms with van der Waals surface area (Å²) in [6.07, 6.45) is 0.860. The second-order valence-electron chi connectivity index (χ2n) is 9.92. The van der Waals surface area contributed by atoms with Gasteiger partial charge in [-0.15, -0.1) is 0 Å². The smallest absolute Gasteiger partial charge is 0.410 e. The number of fused-ring (bicyclic) bond motifs is 2. The summed E-state index contributed by atoms with van der Waals surface area (Å²) in [6, 6.07) is 14.2. The van der Waals surface area contributed by atoms with Crippen molar-refractivity contribution < 1.29 is 14.0 Å². The van der Waals surface area contributed by atoms with Crippen LogP contribution >= 0.6 is 0 Å². The summed E-state index contributed by atoms with van der Waals surface area (Å²) in [5.41, 5.74) is 0.836. The summed E-state index contributed by atoms with van der Waals surface area (Å²) < 4.78 is 12.7. The molecule has 0 saturated carbocycles. The van der Waals surface area contributed by atoms with E-state index in [2.05, 4.69) is 56.0 Å². The predicted octanol–water partition coefficient (Wildman–Crippen LogP) is 5.27. The molecule has 3 rings (SSSR count). The van der Waals surface area contributed by atoms with E-state index in [1.54, 1.807) is 0 Å². The van der Waals surface area contributed by atoms with Crippen LogP contribution in [0.2, 0.25) is 18.1 Å². The number of hydrogen-bond donors (Lipinski definition) is 0. The van der Waals surface area contributed by atoms with Crippen LogP contribution in [0.15, 0.2) is 30.3 Å². The molecule has 2 bridgehead atoms. The zero-order valence-corrected chi connectivity index (χ0v) is 20.7. The van der Waals surface area contributed by atoms with E-state index in [1.807, 2.05) is 25.7 Å². The van der Waals surface area contributed by atoms with Crippen molar-refractivity contribution in [3.8, 4) is 0 Å². The summed E-state index contributed by atoms with van der Waals surface area (Å²) in [5.74, 6) is 0. The first kappa shape index (κ1) is 23.3. The lowest BCUT2D eigenvalue weighted by atomic mass is 10.1. The van der Waals surface area contributed by atoms with Crippen molar-refractivity contribution in [1.82, 2.24) is 9.80 Å². The largest absolute Gasteiger partial charge is 0.444 e. The molecule has 0 N–H and O–H groups in total. The Morgan fingerprint density at radius 2 is 1.70 bits per heavy atom. The summed E-state index contributed by atoms with van der Waals surface area (Å²) in [5, 5.41) is 0. The van der Waals surface area contributed by atoms with Gasteiger partial charge in [0.05, 0.1) is 18.2 Å². The lowest BCUT2D eigenvalue weighted by molar-refractivity contribution is -0.0132. The van der Waals surface area contributed by atoms with Crippen molar-refractivity contribution in [2.75, 3.05) is 13.1 Å². The fourth-order valence-corrected chi connectivity index (χ4v) is 7.91. The van der Waals surface area contributed by atoms with Crippen molar-refractivity contribution >= 4 is 14.4 Å². The van der Waals surface area contributed by atoms with Gasteiger partial charge in [0.15, 0.2) is 8.32 Å². The molecule has 0 unspecified atom stereocenters. The van der Waals surface area contributed by atoms with Crippen LogP contribution < -0.4 is 0 Å². The number of carbonyl (C=O) groups is 1. The highest BCUT2D eigenvalue weighted by molar-refractivity contribution is 6.73. The number of rotatable bonds is 7. The van der Waals surface area contributed by atoms with E-state index in [9.17, 15) is 4.79 Å². The molecule has 2 aliphatic rings. The van der Waals surface area contributed by atoms with Crippen molar-refractivity contribution in [3.63, 3.8) is 0 Å². The van der Waals surface area contributed by atoms with E-state index >= 15 is 0 Å². The third kappa shape index (κ3) is 5.27. The molecule has 0 spiro atoms. The first-order valence-electron chi connectivity index (χ1n) is 11.7. The lowest BCUT2D eigenvalue weighted by Gasteiger charge is -2.42. The third-order valence-electron chi connectivity index (χ3n) is 6.79. The van der Waals surface area contributed by atoms with E-state index in [0.29, 0.717) is 0 Å². The van der Waals surface area contributed by atoms with Crippen LogP contribution in [0.5, 0.6) is 0 Å². The summed E-state index contributed by atoms with van der Waals surface area (Å²) in [7, 11) is -1.75. The molecule has 1 amide bonds. The van der Waals surface area contributed by atoms with Gasteiger partial charge in [-0.05, 0) is 50.9 Å². The van der Waals surface area contributed by atoms with Gasteiger partial charge in [-0.1, -0.05) is 51.1 Å². The van der Waals surface area contributed by atoms with Crippen LogP contribution in [-0.2, 0) is 15.7 Å². The van der Waals surface area contributed by atoms with E-state index in [1.165, 1.54) is 5.56 Å². The Balaban J connectivity index is 1.80. The number of hydrogen-bond acceptors (Lipinski definition) is 4. The zero-order valence-electron chi connectivity index (χ0n) is 19.7. The van der Waals surface area contributed by atoms with Crippen LogP contribution in [0.1, 0.15) is 53.5 Å². The Kier molecular flexibility index (Phi) is 7.31. The highest BCUT2D eigenvalue weighted by Crippen LogP contribution is 2.37. The molecule has 30 heavy (non-hydrogen) atoms. The number of carbonyl (C=O) groups excluding carboxylic acids is 1. The average Bonchev–Trinajstić information content (AvgIpc) is 2.92. The molecule has 0 aliphatic carbocycles. The van der Waals surface area contributed by atoms with E-state index in [4.69, 9.17) is 9.16 Å². The van der Waals surface area contributed by atoms with Crippen LogP contribution in [0.25, 0.3) is 0 Å². The van der Waals surface area contributed by atoms with Crippen molar-refractivity contribution in [1.29, 1.82) is 0 Å². The zero-order chi connectivity index (χ0) is 21.9. The molecule has 0 radical (unpaired) electrons. The van der Waals surface area contributed by atoms with Crippen molar-refractivity contribution in [3.05, 3.63) is 35.9 Å². The number of benzene rings is 1. The van der Waals surface area contributed by atoms with E-state index in [-0.39, 0.29) is 24.3 Å². The monoisotopic (exact) mass is 432 g/mol. The minimum Gasteiger partial charge on any atom is -0.444 e. The molecule has 2 saturated heterocycles. The maximum atomic E-state index is 13.1. The normalized spacial score (nSPS) is 24.9. The molecule has 1 aromatic carbocycles. The number of piperazine rings is 1. The third-order valence-corrected chi connectivity index (χ3v) is 11.5. The second kappa shape index (κ2) is 9.41. The minimum absolute atomic E-state index is 0.0684. The maximum Gasteiger partial charge on any atom is 0.410 e. The Labute approximate surface area is 183 Å². The molecule has 1 aromatic rings. The first-order valence-corrected chi connectivity index (χ1v) is 14.2. The minimum atomic E-state index is -1.75. The van der Waals surface area contributed by atoms with Crippen LogP contribution in [-0.4, -0.2) is 61.1 Å². The standard InChI is InChI=1S/C24H40N2O3Si/c1-7-30(8-2,9-3)29-22-15-20-17-25(16-19-13-11-10-12-14-19)18-21(22)26(20)23(27)28-24(4,5)6/h10-14,20-22H,7-9,15-18H2,1-6H3/t20-,21-,22-/m0/s1. The Morgan fingerprint density at radius 3 is 2.27 bits per heavy atom. The Morgan fingerprint density at radius 1 is 1.07 bits per heavy atom. The molecule has 2 fully saturated rings. The van der Waals surface area contributed by atoms with Crippen molar-refractivity contribution in [2.24, 2.45) is 0 Å². The summed E-state index contributed by atoms with van der Waals surface area (Å²) >= 11 is 0. The van der Waals surface area contributed by atoms with Crippen LogP contribution in [0, 0.1) is 0 Å². The lowest BCUT2D eigenvalue weighted by Crippen LogP contribution is -2.58. The molecule has 2 aliphatic heterocycles. The molecule has 3 atom stereocenters. The Hall–Kier alpha value is -1.37. The van der Waals surface area contributed by atoms with Gasteiger partial charge >= 0.3 is 6.09 Å². The molecule has 5 nitrogen and oxygen atoms in total. The number of nitrogens with zero attached hydrogens (tertiary/aromatic N) is 2. The van der Waals surface area contributed by atoms with Crippen molar-refractivity contribution in [2.45, 2.75) is 96.4 Å². The fraction of sp³-hybridized carbons (Fsp3) is 0.708. The van der Waals surface area contributed by atoms with Gasteiger partial charge in [-0.3, -0.25) is 9.80 Å².